The predicted molar refractivity (Wildman–Crippen MR) is 74.8 cm³/mol. The Balaban J connectivity index is 2.06. The van der Waals surface area contributed by atoms with Gasteiger partial charge in [0.2, 0.25) is 0 Å². The van der Waals surface area contributed by atoms with Gasteiger partial charge in [-0.1, -0.05) is 37.6 Å². The molecule has 1 aliphatic rings. The maximum atomic E-state index is 5.84. The quantitative estimate of drug-likeness (QED) is 0.835. The second kappa shape index (κ2) is 6.88. The van der Waals surface area contributed by atoms with Crippen LogP contribution >= 0.6 is 0 Å². The van der Waals surface area contributed by atoms with Crippen molar-refractivity contribution in [1.82, 2.24) is 10.6 Å². The van der Waals surface area contributed by atoms with E-state index in [4.69, 9.17) is 4.74 Å². The monoisotopic (exact) mass is 248 g/mol. The first kappa shape index (κ1) is 13.5. The Kier molecular flexibility index (Phi) is 5.17. The third kappa shape index (κ3) is 3.31. The second-order valence-electron chi connectivity index (χ2n) is 4.87. The lowest BCUT2D eigenvalue weighted by Gasteiger charge is -2.31. The third-order valence-corrected chi connectivity index (χ3v) is 3.52. The molecule has 0 saturated carbocycles. The largest absolute Gasteiger partial charge is 0.374 e. The van der Waals surface area contributed by atoms with Crippen molar-refractivity contribution in [2.45, 2.75) is 31.9 Å². The van der Waals surface area contributed by atoms with E-state index in [0.717, 1.165) is 26.1 Å². The Bertz CT molecular complexity index is 344. The van der Waals surface area contributed by atoms with E-state index in [-0.39, 0.29) is 12.1 Å². The van der Waals surface area contributed by atoms with Crippen LogP contribution in [0.2, 0.25) is 0 Å². The van der Waals surface area contributed by atoms with Crippen LogP contribution in [0.5, 0.6) is 0 Å². The van der Waals surface area contributed by atoms with Crippen LogP contribution in [0.3, 0.4) is 0 Å². The lowest BCUT2D eigenvalue weighted by Crippen LogP contribution is -2.45. The number of morpholine rings is 1. The number of hydrogen-bond acceptors (Lipinski definition) is 3. The molecule has 1 fully saturated rings. The van der Waals surface area contributed by atoms with E-state index in [1.807, 2.05) is 7.05 Å². The molecule has 0 radical (unpaired) electrons. The molecule has 2 atom stereocenters. The first-order chi connectivity index (χ1) is 8.85. The van der Waals surface area contributed by atoms with Gasteiger partial charge in [-0.2, -0.15) is 0 Å². The first-order valence-electron chi connectivity index (χ1n) is 6.93. The Morgan fingerprint density at radius 2 is 2.17 bits per heavy atom. The molecule has 0 aromatic heterocycles. The van der Waals surface area contributed by atoms with Crippen LogP contribution in [-0.4, -0.2) is 32.8 Å². The summed E-state index contributed by atoms with van der Waals surface area (Å²) in [7, 11) is 2.00. The molecule has 2 N–H and O–H groups in total. The van der Waals surface area contributed by atoms with Crippen LogP contribution in [0, 0.1) is 0 Å². The van der Waals surface area contributed by atoms with Gasteiger partial charge < -0.3 is 15.4 Å². The molecule has 2 rings (SSSR count). The summed E-state index contributed by atoms with van der Waals surface area (Å²) in [5, 5.41) is 6.76. The normalized spacial score (nSPS) is 21.8. The van der Waals surface area contributed by atoms with Crippen LogP contribution in [0.1, 0.15) is 30.5 Å². The summed E-state index contributed by atoms with van der Waals surface area (Å²) in [6.07, 6.45) is 2.58. The maximum absolute atomic E-state index is 5.84. The molecule has 3 heteroatoms. The highest BCUT2D eigenvalue weighted by Crippen LogP contribution is 2.21. The number of likely N-dealkylation sites (N-methyl/N-ethyl adjacent to an activating group) is 1. The molecule has 2 unspecified atom stereocenters. The summed E-state index contributed by atoms with van der Waals surface area (Å²) in [5.41, 5.74) is 2.73. The zero-order valence-corrected chi connectivity index (χ0v) is 11.4. The Morgan fingerprint density at radius 3 is 2.72 bits per heavy atom. The molecule has 0 bridgehead atoms. The van der Waals surface area contributed by atoms with Gasteiger partial charge in [-0.25, -0.2) is 0 Å². The average molecular weight is 248 g/mol. The highest BCUT2D eigenvalue weighted by molar-refractivity contribution is 5.26. The summed E-state index contributed by atoms with van der Waals surface area (Å²) in [5.74, 6) is 0. The first-order valence-corrected chi connectivity index (χ1v) is 6.93. The molecule has 1 saturated heterocycles. The van der Waals surface area contributed by atoms with Crippen LogP contribution in [0.4, 0.5) is 0 Å². The maximum Gasteiger partial charge on any atom is 0.0894 e. The van der Waals surface area contributed by atoms with E-state index < -0.39 is 0 Å². The Morgan fingerprint density at radius 1 is 1.39 bits per heavy atom. The molecule has 3 nitrogen and oxygen atoms in total. The predicted octanol–water partition coefficient (Wildman–Crippen LogP) is 1.89. The van der Waals surface area contributed by atoms with Crippen molar-refractivity contribution < 1.29 is 4.74 Å². The third-order valence-electron chi connectivity index (χ3n) is 3.52. The lowest BCUT2D eigenvalue weighted by atomic mass is 9.98. The van der Waals surface area contributed by atoms with Crippen molar-refractivity contribution in [3.05, 3.63) is 35.4 Å². The minimum Gasteiger partial charge on any atom is -0.374 e. The van der Waals surface area contributed by atoms with Crippen molar-refractivity contribution in [3.63, 3.8) is 0 Å². The Hall–Kier alpha value is -0.900. The molecule has 0 aliphatic carbocycles. The smallest absolute Gasteiger partial charge is 0.0894 e. The van der Waals surface area contributed by atoms with Crippen molar-refractivity contribution >= 4 is 0 Å². The fraction of sp³-hybridized carbons (Fsp3) is 0.600. The van der Waals surface area contributed by atoms with Crippen molar-refractivity contribution in [2.24, 2.45) is 0 Å². The molecule has 0 amide bonds. The fourth-order valence-corrected chi connectivity index (χ4v) is 2.55. The van der Waals surface area contributed by atoms with Crippen LogP contribution in [0.15, 0.2) is 24.3 Å². The molecular weight excluding hydrogens is 224 g/mol. The molecule has 1 aromatic rings. The average Bonchev–Trinajstić information content (AvgIpc) is 2.43. The molecule has 1 heterocycles. The van der Waals surface area contributed by atoms with E-state index in [0.29, 0.717) is 0 Å². The zero-order valence-electron chi connectivity index (χ0n) is 11.4. The van der Waals surface area contributed by atoms with E-state index in [1.165, 1.54) is 17.5 Å². The van der Waals surface area contributed by atoms with Gasteiger partial charge in [0.1, 0.15) is 0 Å². The summed E-state index contributed by atoms with van der Waals surface area (Å²) in [6, 6.07) is 9.20. The molecule has 100 valence electrons. The van der Waals surface area contributed by atoms with Crippen LogP contribution in [0.25, 0.3) is 0 Å². The minimum atomic E-state index is 0.223. The van der Waals surface area contributed by atoms with Gasteiger partial charge in [0.05, 0.1) is 18.8 Å². The molecule has 18 heavy (non-hydrogen) atoms. The summed E-state index contributed by atoms with van der Waals surface area (Å²) >= 11 is 0. The number of aryl methyl sites for hydroxylation is 1. The molecule has 1 aliphatic heterocycles. The van der Waals surface area contributed by atoms with Crippen molar-refractivity contribution in [1.29, 1.82) is 0 Å². The SMILES string of the molecule is CCCc1ccc(C(NC)C2CNCCO2)cc1. The van der Waals surface area contributed by atoms with Gasteiger partial charge in [0.25, 0.3) is 0 Å². The van der Waals surface area contributed by atoms with Gasteiger partial charge in [0.15, 0.2) is 0 Å². The minimum absolute atomic E-state index is 0.223. The number of rotatable bonds is 5. The van der Waals surface area contributed by atoms with Gasteiger partial charge in [0, 0.05) is 13.1 Å². The summed E-state index contributed by atoms with van der Waals surface area (Å²) in [4.78, 5) is 0. The molecular formula is C15H24N2O. The van der Waals surface area contributed by atoms with E-state index in [2.05, 4.69) is 41.8 Å². The lowest BCUT2D eigenvalue weighted by molar-refractivity contribution is 0.00537. The van der Waals surface area contributed by atoms with Gasteiger partial charge in [-0.05, 0) is 24.6 Å². The molecule has 1 aromatic carbocycles. The van der Waals surface area contributed by atoms with E-state index in [9.17, 15) is 0 Å². The fourth-order valence-electron chi connectivity index (χ4n) is 2.55. The number of nitrogens with one attached hydrogen (secondary N) is 2. The van der Waals surface area contributed by atoms with Crippen LogP contribution < -0.4 is 10.6 Å². The van der Waals surface area contributed by atoms with Crippen molar-refractivity contribution in [3.8, 4) is 0 Å². The highest BCUT2D eigenvalue weighted by atomic mass is 16.5. The molecule has 0 spiro atoms. The topological polar surface area (TPSA) is 33.3 Å². The standard InChI is InChI=1S/C15H24N2O/c1-3-4-12-5-7-13(8-6-12)15(16-2)14-11-17-9-10-18-14/h5-8,14-17H,3-4,9-11H2,1-2H3. The summed E-state index contributed by atoms with van der Waals surface area (Å²) < 4.78 is 5.84. The number of ether oxygens (including phenoxy) is 1. The second-order valence-corrected chi connectivity index (χ2v) is 4.87. The zero-order chi connectivity index (χ0) is 12.8. The van der Waals surface area contributed by atoms with E-state index >= 15 is 0 Å². The van der Waals surface area contributed by atoms with Gasteiger partial charge in [-0.15, -0.1) is 0 Å². The van der Waals surface area contributed by atoms with E-state index in [1.54, 1.807) is 0 Å². The van der Waals surface area contributed by atoms with Gasteiger partial charge in [-0.3, -0.25) is 0 Å². The Labute approximate surface area is 110 Å². The van der Waals surface area contributed by atoms with Gasteiger partial charge >= 0.3 is 0 Å². The van der Waals surface area contributed by atoms with Crippen molar-refractivity contribution in [2.75, 3.05) is 26.7 Å². The van der Waals surface area contributed by atoms with Crippen LogP contribution in [-0.2, 0) is 11.2 Å². The summed E-state index contributed by atoms with van der Waals surface area (Å²) in [6.45, 7) is 4.90. The highest BCUT2D eigenvalue weighted by Gasteiger charge is 2.24. The number of hydrogen-bond donors (Lipinski definition) is 2. The number of benzene rings is 1.